The molecule has 0 bridgehead atoms. The second kappa shape index (κ2) is 8.98. The van der Waals surface area contributed by atoms with Gasteiger partial charge in [-0.2, -0.15) is 0 Å². The predicted octanol–water partition coefficient (Wildman–Crippen LogP) is 2.81. The summed E-state index contributed by atoms with van der Waals surface area (Å²) in [6, 6.07) is 12.0. The number of hydrogen-bond acceptors (Lipinski definition) is 5. The molecular formula is C18H19NO5S. The fraction of sp³-hybridized carbons (Fsp3) is 0.222. The topological polar surface area (TPSA) is 84.9 Å². The molecule has 0 aliphatic rings. The van der Waals surface area contributed by atoms with Crippen LogP contribution in [0.25, 0.3) is 0 Å². The minimum absolute atomic E-state index is 0.136. The van der Waals surface area contributed by atoms with Crippen LogP contribution in [-0.4, -0.2) is 37.0 Å². The molecule has 0 aliphatic heterocycles. The van der Waals surface area contributed by atoms with Crippen LogP contribution in [0.1, 0.15) is 15.9 Å². The number of hydrogen-bond donors (Lipinski definition) is 2. The van der Waals surface area contributed by atoms with Gasteiger partial charge in [0.15, 0.2) is 11.5 Å². The average molecular weight is 361 g/mol. The average Bonchev–Trinajstić information content (AvgIpc) is 2.64. The van der Waals surface area contributed by atoms with Crippen LogP contribution in [-0.2, 0) is 11.3 Å². The van der Waals surface area contributed by atoms with Crippen molar-refractivity contribution in [1.82, 2.24) is 5.32 Å². The van der Waals surface area contributed by atoms with E-state index < -0.39 is 5.97 Å². The lowest BCUT2D eigenvalue weighted by molar-refractivity contribution is -0.118. The summed E-state index contributed by atoms with van der Waals surface area (Å²) >= 11 is 1.19. The van der Waals surface area contributed by atoms with E-state index in [0.717, 1.165) is 5.56 Å². The Morgan fingerprint density at radius 1 is 1.08 bits per heavy atom. The van der Waals surface area contributed by atoms with E-state index in [0.29, 0.717) is 22.9 Å². The predicted molar refractivity (Wildman–Crippen MR) is 95.5 cm³/mol. The highest BCUT2D eigenvalue weighted by Gasteiger charge is 2.11. The van der Waals surface area contributed by atoms with Crippen molar-refractivity contribution in [2.75, 3.05) is 20.0 Å². The number of rotatable bonds is 8. The van der Waals surface area contributed by atoms with E-state index >= 15 is 0 Å². The monoisotopic (exact) mass is 361 g/mol. The van der Waals surface area contributed by atoms with E-state index in [9.17, 15) is 9.59 Å². The summed E-state index contributed by atoms with van der Waals surface area (Å²) < 4.78 is 10.4. The first-order valence-corrected chi connectivity index (χ1v) is 8.46. The highest BCUT2D eigenvalue weighted by Crippen LogP contribution is 2.27. The van der Waals surface area contributed by atoms with Gasteiger partial charge in [-0.3, -0.25) is 4.79 Å². The number of amides is 1. The lowest BCUT2D eigenvalue weighted by atomic mass is 10.2. The highest BCUT2D eigenvalue weighted by molar-refractivity contribution is 8.00. The van der Waals surface area contributed by atoms with Gasteiger partial charge in [0.25, 0.3) is 0 Å². The Balaban J connectivity index is 1.90. The summed E-state index contributed by atoms with van der Waals surface area (Å²) in [6.45, 7) is 0.348. The normalized spacial score (nSPS) is 10.2. The third kappa shape index (κ3) is 5.15. The summed E-state index contributed by atoms with van der Waals surface area (Å²) in [5, 5.41) is 11.9. The Hall–Kier alpha value is -2.67. The molecule has 0 heterocycles. The van der Waals surface area contributed by atoms with Crippen LogP contribution in [0.4, 0.5) is 0 Å². The largest absolute Gasteiger partial charge is 0.493 e. The zero-order chi connectivity index (χ0) is 18.2. The van der Waals surface area contributed by atoms with Crippen LogP contribution in [0, 0.1) is 0 Å². The van der Waals surface area contributed by atoms with Crippen LogP contribution < -0.4 is 14.8 Å². The van der Waals surface area contributed by atoms with E-state index in [1.165, 1.54) is 17.8 Å². The van der Waals surface area contributed by atoms with Crippen LogP contribution in [0.3, 0.4) is 0 Å². The molecule has 0 aliphatic carbocycles. The smallest absolute Gasteiger partial charge is 0.336 e. The summed E-state index contributed by atoms with van der Waals surface area (Å²) in [5.41, 5.74) is 1.07. The first-order valence-electron chi connectivity index (χ1n) is 7.48. The highest BCUT2D eigenvalue weighted by atomic mass is 32.2. The quantitative estimate of drug-likeness (QED) is 0.704. The molecule has 2 aromatic carbocycles. The SMILES string of the molecule is COc1ccc(CNC(=O)CSc2ccccc2C(=O)O)cc1OC. The molecule has 1 amide bonds. The number of carbonyl (C=O) groups is 2. The van der Waals surface area contributed by atoms with Crippen molar-refractivity contribution in [1.29, 1.82) is 0 Å². The molecule has 0 saturated carbocycles. The lowest BCUT2D eigenvalue weighted by Gasteiger charge is -2.10. The maximum absolute atomic E-state index is 12.0. The van der Waals surface area contributed by atoms with Gasteiger partial charge in [0, 0.05) is 11.4 Å². The number of carbonyl (C=O) groups excluding carboxylic acids is 1. The molecule has 0 radical (unpaired) electrons. The third-order valence-electron chi connectivity index (χ3n) is 3.41. The van der Waals surface area contributed by atoms with Gasteiger partial charge in [-0.05, 0) is 29.8 Å². The van der Waals surface area contributed by atoms with Gasteiger partial charge < -0.3 is 19.9 Å². The molecule has 25 heavy (non-hydrogen) atoms. The van der Waals surface area contributed by atoms with Crippen molar-refractivity contribution in [3.05, 3.63) is 53.6 Å². The van der Waals surface area contributed by atoms with Crippen LogP contribution in [0.15, 0.2) is 47.4 Å². The third-order valence-corrected chi connectivity index (χ3v) is 4.49. The molecule has 0 unspecified atom stereocenters. The Labute approximate surface area is 150 Å². The molecular weight excluding hydrogens is 342 g/mol. The molecule has 0 aromatic heterocycles. The fourth-order valence-corrected chi connectivity index (χ4v) is 3.03. The lowest BCUT2D eigenvalue weighted by Crippen LogP contribution is -2.24. The van der Waals surface area contributed by atoms with Crippen LogP contribution in [0.2, 0.25) is 0 Å². The number of ether oxygens (including phenoxy) is 2. The number of benzene rings is 2. The number of methoxy groups -OCH3 is 2. The number of nitrogens with one attached hydrogen (secondary N) is 1. The van der Waals surface area contributed by atoms with Crippen molar-refractivity contribution in [2.24, 2.45) is 0 Å². The minimum atomic E-state index is -1.01. The number of thioether (sulfide) groups is 1. The van der Waals surface area contributed by atoms with E-state index in [4.69, 9.17) is 14.6 Å². The van der Waals surface area contributed by atoms with Gasteiger partial charge in [-0.1, -0.05) is 18.2 Å². The molecule has 2 rings (SSSR count). The van der Waals surface area contributed by atoms with Crippen molar-refractivity contribution >= 4 is 23.6 Å². The van der Waals surface area contributed by atoms with E-state index in [-0.39, 0.29) is 17.2 Å². The van der Waals surface area contributed by atoms with Crippen molar-refractivity contribution in [2.45, 2.75) is 11.4 Å². The number of carboxylic acids is 1. The Bertz CT molecular complexity index is 763. The second-order valence-corrected chi connectivity index (χ2v) is 6.07. The fourth-order valence-electron chi connectivity index (χ4n) is 2.15. The van der Waals surface area contributed by atoms with E-state index in [2.05, 4.69) is 5.32 Å². The maximum atomic E-state index is 12.0. The molecule has 0 atom stereocenters. The summed E-state index contributed by atoms with van der Waals surface area (Å²) in [4.78, 5) is 23.7. The standard InChI is InChI=1S/C18H19NO5S/c1-23-14-8-7-12(9-15(14)24-2)10-19-17(20)11-25-16-6-4-3-5-13(16)18(21)22/h3-9H,10-11H2,1-2H3,(H,19,20)(H,21,22). The van der Waals surface area contributed by atoms with Crippen LogP contribution in [0.5, 0.6) is 11.5 Å². The van der Waals surface area contributed by atoms with E-state index in [1.807, 2.05) is 6.07 Å². The zero-order valence-corrected chi connectivity index (χ0v) is 14.8. The summed E-state index contributed by atoms with van der Waals surface area (Å²) in [5.74, 6) is 0.170. The molecule has 0 spiro atoms. The molecule has 0 saturated heterocycles. The van der Waals surface area contributed by atoms with Gasteiger partial charge in [0.1, 0.15) is 0 Å². The van der Waals surface area contributed by atoms with E-state index in [1.54, 1.807) is 44.6 Å². The molecule has 2 N–H and O–H groups in total. The molecule has 7 heteroatoms. The number of carboxylic acid groups (broad SMARTS) is 1. The minimum Gasteiger partial charge on any atom is -0.493 e. The van der Waals surface area contributed by atoms with Gasteiger partial charge in [0.05, 0.1) is 25.5 Å². The first-order chi connectivity index (χ1) is 12.0. The number of aromatic carboxylic acids is 1. The Kier molecular flexibility index (Phi) is 6.71. The summed E-state index contributed by atoms with van der Waals surface area (Å²) in [7, 11) is 3.11. The van der Waals surface area contributed by atoms with Gasteiger partial charge >= 0.3 is 5.97 Å². The van der Waals surface area contributed by atoms with Crippen molar-refractivity contribution in [3.63, 3.8) is 0 Å². The molecule has 132 valence electrons. The molecule has 6 nitrogen and oxygen atoms in total. The Morgan fingerprint density at radius 3 is 2.48 bits per heavy atom. The van der Waals surface area contributed by atoms with Crippen molar-refractivity contribution < 1.29 is 24.2 Å². The molecule has 2 aromatic rings. The second-order valence-electron chi connectivity index (χ2n) is 5.06. The van der Waals surface area contributed by atoms with Gasteiger partial charge in [0.2, 0.25) is 5.91 Å². The zero-order valence-electron chi connectivity index (χ0n) is 13.9. The van der Waals surface area contributed by atoms with Gasteiger partial charge in [-0.25, -0.2) is 4.79 Å². The Morgan fingerprint density at radius 2 is 1.80 bits per heavy atom. The van der Waals surface area contributed by atoms with Crippen LogP contribution >= 0.6 is 11.8 Å². The molecule has 0 fully saturated rings. The van der Waals surface area contributed by atoms with Crippen molar-refractivity contribution in [3.8, 4) is 11.5 Å². The van der Waals surface area contributed by atoms with Gasteiger partial charge in [-0.15, -0.1) is 11.8 Å². The summed E-state index contributed by atoms with van der Waals surface area (Å²) in [6.07, 6.45) is 0. The first kappa shape index (κ1) is 18.7. The maximum Gasteiger partial charge on any atom is 0.336 e.